The smallest absolute Gasteiger partial charge is 0.356 e. The zero-order chi connectivity index (χ0) is 12.0. The van der Waals surface area contributed by atoms with Crippen LogP contribution in [0.5, 0.6) is 0 Å². The Kier molecular flexibility index (Phi) is 5.05. The van der Waals surface area contributed by atoms with E-state index >= 15 is 0 Å². The minimum Gasteiger partial charge on any atom is -0.356 e. The molecule has 1 rings (SSSR count). The summed E-state index contributed by atoms with van der Waals surface area (Å²) in [4.78, 5) is 11.0. The van der Waals surface area contributed by atoms with Gasteiger partial charge in [0.2, 0.25) is 5.91 Å². The Bertz CT molecular complexity index is 227. The molecule has 3 nitrogen and oxygen atoms in total. The Hall–Kier alpha value is -0.780. The van der Waals surface area contributed by atoms with E-state index in [1.54, 1.807) is 0 Å². The van der Waals surface area contributed by atoms with Crippen molar-refractivity contribution >= 4 is 5.91 Å². The Morgan fingerprint density at radius 2 is 1.94 bits per heavy atom. The molecule has 1 aliphatic carbocycles. The van der Waals surface area contributed by atoms with Gasteiger partial charge in [0.05, 0.1) is 6.42 Å². The molecule has 0 bridgehead atoms. The van der Waals surface area contributed by atoms with Gasteiger partial charge in [-0.1, -0.05) is 0 Å². The van der Waals surface area contributed by atoms with Gasteiger partial charge in [-0.15, -0.1) is 0 Å². The summed E-state index contributed by atoms with van der Waals surface area (Å²) < 4.78 is 35.3. The first-order chi connectivity index (χ1) is 7.47. The number of carbonyl (C=O) groups excluding carboxylic acids is 1. The van der Waals surface area contributed by atoms with Crippen LogP contribution in [-0.2, 0) is 4.79 Å². The molecule has 2 N–H and O–H groups in total. The van der Waals surface area contributed by atoms with Gasteiger partial charge < -0.3 is 10.6 Å². The topological polar surface area (TPSA) is 41.1 Å². The Morgan fingerprint density at radius 3 is 2.50 bits per heavy atom. The lowest BCUT2D eigenvalue weighted by atomic mass is 10.3. The van der Waals surface area contributed by atoms with Gasteiger partial charge in [-0.05, 0) is 25.8 Å². The molecule has 0 spiro atoms. The molecular formula is C10H17F3N2O. The number of hydrogen-bond donors (Lipinski definition) is 2. The van der Waals surface area contributed by atoms with E-state index in [2.05, 4.69) is 10.6 Å². The van der Waals surface area contributed by atoms with E-state index in [-0.39, 0.29) is 0 Å². The van der Waals surface area contributed by atoms with Crippen LogP contribution in [0.3, 0.4) is 0 Å². The van der Waals surface area contributed by atoms with Crippen molar-refractivity contribution in [2.24, 2.45) is 0 Å². The van der Waals surface area contributed by atoms with Crippen molar-refractivity contribution < 1.29 is 18.0 Å². The van der Waals surface area contributed by atoms with Crippen LogP contribution < -0.4 is 10.6 Å². The van der Waals surface area contributed by atoms with E-state index in [1.807, 2.05) is 0 Å². The number of rotatable bonds is 7. The van der Waals surface area contributed by atoms with Crippen molar-refractivity contribution in [3.8, 4) is 0 Å². The van der Waals surface area contributed by atoms with Crippen LogP contribution in [0, 0.1) is 0 Å². The van der Waals surface area contributed by atoms with E-state index in [1.165, 1.54) is 12.8 Å². The molecule has 0 unspecified atom stereocenters. The Morgan fingerprint density at radius 1 is 1.25 bits per heavy atom. The second-order valence-electron chi connectivity index (χ2n) is 4.05. The average Bonchev–Trinajstić information content (AvgIpc) is 2.97. The lowest BCUT2D eigenvalue weighted by Gasteiger charge is -2.07. The van der Waals surface area contributed by atoms with Crippen LogP contribution in [0.25, 0.3) is 0 Å². The summed E-state index contributed by atoms with van der Waals surface area (Å²) in [5.74, 6) is -0.524. The Balaban J connectivity index is 1.89. The first-order valence-corrected chi connectivity index (χ1v) is 5.54. The zero-order valence-corrected chi connectivity index (χ0v) is 9.07. The molecule has 0 aromatic rings. The molecule has 0 saturated heterocycles. The fraction of sp³-hybridized carbons (Fsp3) is 0.900. The lowest BCUT2D eigenvalue weighted by Crippen LogP contribution is -2.28. The van der Waals surface area contributed by atoms with Gasteiger partial charge in [0.25, 0.3) is 0 Å². The summed E-state index contributed by atoms with van der Waals surface area (Å²) in [6, 6.07) is 0.626. The van der Waals surface area contributed by atoms with Crippen LogP contribution in [0.4, 0.5) is 13.2 Å². The van der Waals surface area contributed by atoms with Gasteiger partial charge in [0, 0.05) is 19.0 Å². The number of carbonyl (C=O) groups is 1. The predicted molar refractivity (Wildman–Crippen MR) is 53.9 cm³/mol. The van der Waals surface area contributed by atoms with Gasteiger partial charge in [0.15, 0.2) is 0 Å². The minimum absolute atomic E-state index is 0.441. The average molecular weight is 238 g/mol. The first-order valence-electron chi connectivity index (χ1n) is 5.54. The number of alkyl halides is 3. The molecule has 1 saturated carbocycles. The van der Waals surface area contributed by atoms with Crippen molar-refractivity contribution in [1.82, 2.24) is 10.6 Å². The molecule has 94 valence electrons. The van der Waals surface area contributed by atoms with Crippen molar-refractivity contribution in [2.45, 2.75) is 44.3 Å². The molecule has 1 amide bonds. The fourth-order valence-electron chi connectivity index (χ4n) is 1.25. The summed E-state index contributed by atoms with van der Waals surface area (Å²) in [5.41, 5.74) is 0. The highest BCUT2D eigenvalue weighted by Gasteiger charge is 2.27. The quantitative estimate of drug-likeness (QED) is 0.661. The largest absolute Gasteiger partial charge is 0.389 e. The normalized spacial score (nSPS) is 16.2. The van der Waals surface area contributed by atoms with Crippen LogP contribution in [0.2, 0.25) is 0 Å². The third-order valence-electron chi connectivity index (χ3n) is 2.32. The summed E-state index contributed by atoms with van der Waals surface area (Å²) in [6.07, 6.45) is -2.59. The van der Waals surface area contributed by atoms with Crippen LogP contribution in [0.1, 0.15) is 32.1 Å². The highest BCUT2D eigenvalue weighted by atomic mass is 19.4. The van der Waals surface area contributed by atoms with Crippen molar-refractivity contribution in [3.63, 3.8) is 0 Å². The second kappa shape index (κ2) is 6.08. The molecule has 0 heterocycles. The second-order valence-corrected chi connectivity index (χ2v) is 4.05. The Labute approximate surface area is 92.8 Å². The SMILES string of the molecule is O=C(CCC(F)(F)F)NCCCNC1CC1. The minimum atomic E-state index is -4.25. The third kappa shape index (κ3) is 7.50. The lowest BCUT2D eigenvalue weighted by molar-refractivity contribution is -0.144. The molecule has 0 aromatic heterocycles. The molecule has 6 heteroatoms. The monoisotopic (exact) mass is 238 g/mol. The molecule has 0 aliphatic heterocycles. The fourth-order valence-corrected chi connectivity index (χ4v) is 1.25. The summed E-state index contributed by atoms with van der Waals surface area (Å²) in [7, 11) is 0. The van der Waals surface area contributed by atoms with Gasteiger partial charge in [-0.25, -0.2) is 0 Å². The molecule has 16 heavy (non-hydrogen) atoms. The molecule has 0 atom stereocenters. The molecule has 1 fully saturated rings. The number of hydrogen-bond acceptors (Lipinski definition) is 2. The van der Waals surface area contributed by atoms with Gasteiger partial charge in [-0.2, -0.15) is 13.2 Å². The van der Waals surface area contributed by atoms with Crippen molar-refractivity contribution in [2.75, 3.05) is 13.1 Å². The van der Waals surface area contributed by atoms with Gasteiger partial charge in [0.1, 0.15) is 0 Å². The van der Waals surface area contributed by atoms with Crippen molar-refractivity contribution in [1.29, 1.82) is 0 Å². The highest BCUT2D eigenvalue weighted by Crippen LogP contribution is 2.21. The number of nitrogens with one attached hydrogen (secondary N) is 2. The molecular weight excluding hydrogens is 221 g/mol. The van der Waals surface area contributed by atoms with E-state index in [9.17, 15) is 18.0 Å². The van der Waals surface area contributed by atoms with Crippen LogP contribution in [-0.4, -0.2) is 31.2 Å². The summed E-state index contributed by atoms with van der Waals surface area (Å²) >= 11 is 0. The van der Waals surface area contributed by atoms with Crippen molar-refractivity contribution in [3.05, 3.63) is 0 Å². The first kappa shape index (κ1) is 13.3. The maximum absolute atomic E-state index is 11.8. The van der Waals surface area contributed by atoms with Gasteiger partial charge in [-0.3, -0.25) is 4.79 Å². The maximum Gasteiger partial charge on any atom is 0.389 e. The van der Waals surface area contributed by atoms with E-state index < -0.39 is 24.9 Å². The van der Waals surface area contributed by atoms with E-state index in [4.69, 9.17) is 0 Å². The van der Waals surface area contributed by atoms with E-state index in [0.29, 0.717) is 12.6 Å². The highest BCUT2D eigenvalue weighted by molar-refractivity contribution is 5.75. The number of amides is 1. The van der Waals surface area contributed by atoms with Crippen LogP contribution >= 0.6 is 0 Å². The summed E-state index contributed by atoms with van der Waals surface area (Å²) in [5, 5.41) is 5.73. The standard InChI is InChI=1S/C10H17F3N2O/c11-10(12,13)5-4-9(16)15-7-1-6-14-8-2-3-8/h8,14H,1-7H2,(H,15,16). The third-order valence-corrected chi connectivity index (χ3v) is 2.32. The molecule has 0 aromatic carbocycles. The van der Waals surface area contributed by atoms with Crippen LogP contribution in [0.15, 0.2) is 0 Å². The number of halogens is 3. The maximum atomic E-state index is 11.8. The predicted octanol–water partition coefficient (Wildman–Crippen LogP) is 1.59. The van der Waals surface area contributed by atoms with Gasteiger partial charge >= 0.3 is 6.18 Å². The molecule has 0 radical (unpaired) electrons. The molecule has 1 aliphatic rings. The zero-order valence-electron chi connectivity index (χ0n) is 9.07. The summed E-state index contributed by atoms with van der Waals surface area (Å²) in [6.45, 7) is 1.25. The van der Waals surface area contributed by atoms with E-state index in [0.717, 1.165) is 13.0 Å².